The Kier molecular flexibility index (Phi) is 4.96. The number of thiophene rings is 1. The summed E-state index contributed by atoms with van der Waals surface area (Å²) in [5, 5.41) is 6.48. The monoisotopic (exact) mass is 428 g/mol. The summed E-state index contributed by atoms with van der Waals surface area (Å²) in [6.45, 7) is 2.41. The van der Waals surface area contributed by atoms with E-state index in [-0.39, 0.29) is 11.5 Å². The molecule has 9 heteroatoms. The van der Waals surface area contributed by atoms with Gasteiger partial charge in [-0.3, -0.25) is 14.2 Å². The number of aromatic amines is 1. The zero-order valence-corrected chi connectivity index (χ0v) is 17.6. The number of fused-ring (bicyclic) bond motifs is 1. The first-order valence-electron chi connectivity index (χ1n) is 8.45. The molecule has 3 heterocycles. The largest absolute Gasteiger partial charge is 0.347 e. The maximum atomic E-state index is 12.5. The molecular weight excluding hydrogens is 412 g/mol. The molecule has 142 valence electrons. The minimum absolute atomic E-state index is 0.186. The molecule has 0 radical (unpaired) electrons. The summed E-state index contributed by atoms with van der Waals surface area (Å²) in [6, 6.07) is 8.96. The van der Waals surface area contributed by atoms with Gasteiger partial charge in [0.2, 0.25) is 0 Å². The van der Waals surface area contributed by atoms with Crippen molar-refractivity contribution in [2.24, 2.45) is 7.05 Å². The highest BCUT2D eigenvalue weighted by molar-refractivity contribution is 7.71. The Morgan fingerprint density at radius 2 is 2.14 bits per heavy atom. The molecule has 28 heavy (non-hydrogen) atoms. The Morgan fingerprint density at radius 3 is 2.89 bits per heavy atom. The van der Waals surface area contributed by atoms with Crippen molar-refractivity contribution in [3.8, 4) is 10.6 Å². The molecule has 1 aromatic carbocycles. The summed E-state index contributed by atoms with van der Waals surface area (Å²) in [5.41, 5.74) is 1.81. The van der Waals surface area contributed by atoms with Crippen LogP contribution in [0.4, 0.5) is 0 Å². The van der Waals surface area contributed by atoms with Crippen LogP contribution < -0.4 is 10.9 Å². The van der Waals surface area contributed by atoms with Crippen molar-refractivity contribution in [1.29, 1.82) is 0 Å². The predicted molar refractivity (Wildman–Crippen MR) is 116 cm³/mol. The fourth-order valence-corrected chi connectivity index (χ4v) is 4.59. The first-order valence-corrected chi connectivity index (χ1v) is 10.6. The number of aromatic nitrogens is 3. The van der Waals surface area contributed by atoms with Crippen LogP contribution >= 0.6 is 34.9 Å². The van der Waals surface area contributed by atoms with Crippen LogP contribution in [0.1, 0.15) is 20.2 Å². The number of carbonyl (C=O) groups is 1. The Bertz CT molecular complexity index is 1310. The van der Waals surface area contributed by atoms with Crippen molar-refractivity contribution >= 4 is 51.7 Å². The van der Waals surface area contributed by atoms with Crippen LogP contribution in [-0.4, -0.2) is 20.4 Å². The van der Waals surface area contributed by atoms with E-state index in [0.29, 0.717) is 27.8 Å². The summed E-state index contributed by atoms with van der Waals surface area (Å²) in [6.07, 6.45) is 0. The van der Waals surface area contributed by atoms with Gasteiger partial charge in [0.25, 0.3) is 11.5 Å². The maximum absolute atomic E-state index is 12.5. The molecule has 0 aliphatic rings. The van der Waals surface area contributed by atoms with Crippen LogP contribution in [0.15, 0.2) is 40.5 Å². The molecule has 0 unspecified atom stereocenters. The fourth-order valence-electron chi connectivity index (χ4n) is 2.80. The topological polar surface area (TPSA) is 79.8 Å². The number of nitrogens with zero attached hydrogens (tertiary/aromatic N) is 2. The molecule has 2 N–H and O–H groups in total. The normalized spacial score (nSPS) is 11.1. The lowest BCUT2D eigenvalue weighted by Crippen LogP contribution is -2.23. The number of carbonyl (C=O) groups excluding carboxylic acids is 1. The van der Waals surface area contributed by atoms with E-state index in [1.54, 1.807) is 47.9 Å². The average molecular weight is 429 g/mol. The van der Waals surface area contributed by atoms with Crippen molar-refractivity contribution < 1.29 is 4.79 Å². The lowest BCUT2D eigenvalue weighted by molar-refractivity contribution is 0.0951. The molecule has 6 nitrogen and oxygen atoms in total. The standard InChI is InChI=1S/C19H16N4O2S3/c1-10-21-15(9-27-10)16-6-4-12(28-16)8-20-17(24)11-3-5-13-14(7-11)22-19(26)23(2)18(13)25/h3-7,9H,8H2,1-2H3,(H,20,24)(H,22,26). The first kappa shape index (κ1) is 18.7. The van der Waals surface area contributed by atoms with Crippen molar-refractivity contribution in [2.45, 2.75) is 13.5 Å². The van der Waals surface area contributed by atoms with Gasteiger partial charge in [-0.1, -0.05) is 0 Å². The smallest absolute Gasteiger partial charge is 0.261 e. The number of hydrogen-bond acceptors (Lipinski definition) is 6. The molecular formula is C19H16N4O2S3. The van der Waals surface area contributed by atoms with E-state index in [1.807, 2.05) is 24.4 Å². The van der Waals surface area contributed by atoms with E-state index in [1.165, 1.54) is 4.57 Å². The van der Waals surface area contributed by atoms with Crippen LogP contribution in [0.5, 0.6) is 0 Å². The zero-order chi connectivity index (χ0) is 19.8. The third kappa shape index (κ3) is 3.56. The lowest BCUT2D eigenvalue weighted by Gasteiger charge is -2.06. The van der Waals surface area contributed by atoms with Gasteiger partial charge < -0.3 is 10.3 Å². The van der Waals surface area contributed by atoms with Crippen molar-refractivity contribution in [3.05, 3.63) is 66.3 Å². The van der Waals surface area contributed by atoms with Gasteiger partial charge in [-0.2, -0.15) is 0 Å². The average Bonchev–Trinajstić information content (AvgIpc) is 3.32. The Hall–Kier alpha value is -2.62. The summed E-state index contributed by atoms with van der Waals surface area (Å²) >= 11 is 8.37. The molecule has 0 bridgehead atoms. The maximum Gasteiger partial charge on any atom is 0.261 e. The van der Waals surface area contributed by atoms with Gasteiger partial charge in [0.15, 0.2) is 4.77 Å². The van der Waals surface area contributed by atoms with Crippen molar-refractivity contribution in [2.75, 3.05) is 0 Å². The van der Waals surface area contributed by atoms with Gasteiger partial charge in [-0.05, 0) is 49.5 Å². The summed E-state index contributed by atoms with van der Waals surface area (Å²) < 4.78 is 1.69. The third-order valence-corrected chi connectivity index (χ3v) is 6.58. The van der Waals surface area contributed by atoms with Crippen LogP contribution in [0, 0.1) is 11.7 Å². The molecule has 0 spiro atoms. The number of H-pyrrole nitrogens is 1. The summed E-state index contributed by atoms with van der Waals surface area (Å²) in [4.78, 5) is 34.4. The Balaban J connectivity index is 1.51. The van der Waals surface area contributed by atoms with Gasteiger partial charge in [-0.15, -0.1) is 22.7 Å². The number of thiazole rings is 1. The van der Waals surface area contributed by atoms with E-state index in [4.69, 9.17) is 12.2 Å². The fraction of sp³-hybridized carbons (Fsp3) is 0.158. The predicted octanol–water partition coefficient (Wildman–Crippen LogP) is 4.02. The molecule has 0 fully saturated rings. The van der Waals surface area contributed by atoms with Gasteiger partial charge >= 0.3 is 0 Å². The second-order valence-corrected chi connectivity index (χ2v) is 8.87. The van der Waals surface area contributed by atoms with E-state index in [2.05, 4.69) is 15.3 Å². The highest BCUT2D eigenvalue weighted by Gasteiger charge is 2.11. The van der Waals surface area contributed by atoms with Crippen LogP contribution in [0.3, 0.4) is 0 Å². The highest BCUT2D eigenvalue weighted by Crippen LogP contribution is 2.29. The molecule has 0 aliphatic carbocycles. The number of amides is 1. The molecule has 4 rings (SSSR count). The SMILES string of the molecule is Cc1nc(-c2ccc(CNC(=O)c3ccc4c(=O)n(C)c(=S)[nH]c4c3)s2)cs1. The number of nitrogens with one attached hydrogen (secondary N) is 2. The molecule has 0 aliphatic heterocycles. The zero-order valence-electron chi connectivity index (χ0n) is 15.1. The second kappa shape index (κ2) is 7.42. The second-order valence-electron chi connectivity index (χ2n) is 6.26. The van der Waals surface area contributed by atoms with Crippen LogP contribution in [0.25, 0.3) is 21.5 Å². The molecule has 0 saturated heterocycles. The Morgan fingerprint density at radius 1 is 1.32 bits per heavy atom. The van der Waals surface area contributed by atoms with Gasteiger partial charge in [0, 0.05) is 22.9 Å². The summed E-state index contributed by atoms with van der Waals surface area (Å²) in [5.74, 6) is -0.207. The number of benzene rings is 1. The molecule has 4 aromatic rings. The van der Waals surface area contributed by atoms with E-state index in [9.17, 15) is 9.59 Å². The van der Waals surface area contributed by atoms with Gasteiger partial charge in [0.05, 0.1) is 33.0 Å². The Labute approximate surface area is 173 Å². The van der Waals surface area contributed by atoms with Gasteiger partial charge in [-0.25, -0.2) is 4.98 Å². The highest BCUT2D eigenvalue weighted by atomic mass is 32.1. The minimum Gasteiger partial charge on any atom is -0.347 e. The summed E-state index contributed by atoms with van der Waals surface area (Å²) in [7, 11) is 1.61. The molecule has 0 saturated carbocycles. The first-order chi connectivity index (χ1) is 13.4. The van der Waals surface area contributed by atoms with E-state index >= 15 is 0 Å². The molecule has 0 atom stereocenters. The van der Waals surface area contributed by atoms with E-state index < -0.39 is 0 Å². The van der Waals surface area contributed by atoms with Crippen molar-refractivity contribution in [1.82, 2.24) is 19.9 Å². The van der Waals surface area contributed by atoms with Gasteiger partial charge in [0.1, 0.15) is 0 Å². The van der Waals surface area contributed by atoms with Crippen LogP contribution in [-0.2, 0) is 13.6 Å². The number of rotatable bonds is 4. The van der Waals surface area contributed by atoms with E-state index in [0.717, 1.165) is 20.5 Å². The lowest BCUT2D eigenvalue weighted by atomic mass is 10.1. The minimum atomic E-state index is -0.207. The number of hydrogen-bond donors (Lipinski definition) is 2. The third-order valence-electron chi connectivity index (χ3n) is 4.32. The quantitative estimate of drug-likeness (QED) is 0.481. The van der Waals surface area contributed by atoms with Crippen LogP contribution in [0.2, 0.25) is 0 Å². The molecule has 3 aromatic heterocycles. The number of aryl methyl sites for hydroxylation is 1. The van der Waals surface area contributed by atoms with Crippen molar-refractivity contribution in [3.63, 3.8) is 0 Å². The molecule has 1 amide bonds.